The molecule has 0 atom stereocenters. The summed E-state index contributed by atoms with van der Waals surface area (Å²) >= 11 is 0. The summed E-state index contributed by atoms with van der Waals surface area (Å²) in [5.74, 6) is 0.127. The average molecular weight is 406 g/mol. The number of carbonyl (C=O) groups excluding carboxylic acids is 3. The molecular weight excluding hydrogens is 380 g/mol. The zero-order chi connectivity index (χ0) is 21.2. The molecule has 1 N–H and O–H groups in total. The largest absolute Gasteiger partial charge is 0.493 e. The number of rotatable bonds is 9. The maximum Gasteiger partial charge on any atom is 0.331 e. The number of carbonyl (C=O) groups is 3. The normalized spacial score (nSPS) is 12.4. The predicted octanol–water partition coefficient (Wildman–Crippen LogP) is 1.01. The summed E-state index contributed by atoms with van der Waals surface area (Å²) in [6.45, 7) is 2.80. The lowest BCUT2D eigenvalue weighted by Crippen LogP contribution is -2.40. The molecule has 1 heterocycles. The van der Waals surface area contributed by atoms with E-state index < -0.39 is 18.5 Å². The van der Waals surface area contributed by atoms with Gasteiger partial charge in [-0.1, -0.05) is 6.92 Å². The fourth-order valence-corrected chi connectivity index (χ4v) is 2.47. The molecule has 0 aliphatic carbocycles. The molecule has 0 spiro atoms. The number of likely N-dealkylation sites (N-methyl/N-ethyl adjacent to an activating group) is 1. The van der Waals surface area contributed by atoms with Crippen molar-refractivity contribution in [2.45, 2.75) is 13.3 Å². The standard InChI is InChI=1S/C20H26N2O7/c1-4-7-21-17(23)12-22(2)18(24)13-29-19(25)6-5-14-10-15(26-3)20-16(11-14)27-8-9-28-20/h5-6,10-11H,4,7-9,12-13H2,1-3H3,(H,21,23)/b6-5+. The van der Waals surface area contributed by atoms with Gasteiger partial charge in [-0.2, -0.15) is 0 Å². The monoisotopic (exact) mass is 406 g/mol. The lowest BCUT2D eigenvalue weighted by Gasteiger charge is -2.20. The molecule has 0 saturated heterocycles. The molecule has 9 nitrogen and oxygen atoms in total. The van der Waals surface area contributed by atoms with Crippen LogP contribution >= 0.6 is 0 Å². The first kappa shape index (κ1) is 22.1. The van der Waals surface area contributed by atoms with Crippen LogP contribution in [-0.4, -0.2) is 69.8 Å². The van der Waals surface area contributed by atoms with Gasteiger partial charge in [0, 0.05) is 19.7 Å². The molecule has 2 rings (SSSR count). The van der Waals surface area contributed by atoms with Crippen LogP contribution in [0.1, 0.15) is 18.9 Å². The van der Waals surface area contributed by atoms with Gasteiger partial charge < -0.3 is 29.2 Å². The van der Waals surface area contributed by atoms with E-state index in [1.807, 2.05) is 6.92 Å². The third-order valence-electron chi connectivity index (χ3n) is 3.98. The summed E-state index contributed by atoms with van der Waals surface area (Å²) in [4.78, 5) is 36.7. The van der Waals surface area contributed by atoms with E-state index in [9.17, 15) is 14.4 Å². The number of hydrogen-bond acceptors (Lipinski definition) is 7. The molecular formula is C20H26N2O7. The van der Waals surface area contributed by atoms with Crippen molar-refractivity contribution < 1.29 is 33.3 Å². The maximum absolute atomic E-state index is 12.0. The summed E-state index contributed by atoms with van der Waals surface area (Å²) in [6.07, 6.45) is 3.53. The van der Waals surface area contributed by atoms with E-state index >= 15 is 0 Å². The number of nitrogens with one attached hydrogen (secondary N) is 1. The highest BCUT2D eigenvalue weighted by Gasteiger charge is 2.18. The summed E-state index contributed by atoms with van der Waals surface area (Å²) in [5.41, 5.74) is 0.652. The number of amides is 2. The van der Waals surface area contributed by atoms with Gasteiger partial charge in [-0.15, -0.1) is 0 Å². The smallest absolute Gasteiger partial charge is 0.331 e. The van der Waals surface area contributed by atoms with E-state index in [0.29, 0.717) is 42.6 Å². The van der Waals surface area contributed by atoms with Crippen molar-refractivity contribution in [3.05, 3.63) is 23.8 Å². The Balaban J connectivity index is 1.86. The maximum atomic E-state index is 12.0. The molecule has 0 saturated carbocycles. The van der Waals surface area contributed by atoms with E-state index in [2.05, 4.69) is 5.32 Å². The van der Waals surface area contributed by atoms with Crippen LogP contribution in [0, 0.1) is 0 Å². The van der Waals surface area contributed by atoms with E-state index in [1.165, 1.54) is 31.2 Å². The van der Waals surface area contributed by atoms with Gasteiger partial charge in [-0.3, -0.25) is 9.59 Å². The number of methoxy groups -OCH3 is 1. The molecule has 0 unspecified atom stereocenters. The Labute approximate surface area is 169 Å². The number of ether oxygens (including phenoxy) is 4. The minimum Gasteiger partial charge on any atom is -0.493 e. The fraction of sp³-hybridized carbons (Fsp3) is 0.450. The summed E-state index contributed by atoms with van der Waals surface area (Å²) in [6, 6.07) is 3.42. The number of hydrogen-bond donors (Lipinski definition) is 1. The lowest BCUT2D eigenvalue weighted by atomic mass is 10.1. The Kier molecular flexibility index (Phi) is 8.32. The Morgan fingerprint density at radius 1 is 1.24 bits per heavy atom. The molecule has 0 aromatic heterocycles. The van der Waals surface area contributed by atoms with Crippen LogP contribution in [0.4, 0.5) is 0 Å². The van der Waals surface area contributed by atoms with Gasteiger partial charge in [0.25, 0.3) is 5.91 Å². The minimum atomic E-state index is -0.684. The molecule has 1 aliphatic heterocycles. The Bertz CT molecular complexity index is 759. The first-order valence-corrected chi connectivity index (χ1v) is 9.27. The van der Waals surface area contributed by atoms with E-state index in [4.69, 9.17) is 18.9 Å². The molecule has 9 heteroatoms. The molecule has 0 bridgehead atoms. The Morgan fingerprint density at radius 2 is 2.00 bits per heavy atom. The molecule has 0 radical (unpaired) electrons. The fourth-order valence-electron chi connectivity index (χ4n) is 2.47. The highest BCUT2D eigenvalue weighted by molar-refractivity contribution is 5.90. The van der Waals surface area contributed by atoms with Crippen LogP contribution in [0.2, 0.25) is 0 Å². The minimum absolute atomic E-state index is 0.0940. The van der Waals surface area contributed by atoms with Gasteiger partial charge in [0.2, 0.25) is 11.7 Å². The van der Waals surface area contributed by atoms with Crippen molar-refractivity contribution in [2.75, 3.05) is 47.1 Å². The van der Waals surface area contributed by atoms with E-state index in [-0.39, 0.29) is 12.5 Å². The van der Waals surface area contributed by atoms with Crippen LogP contribution in [0.15, 0.2) is 18.2 Å². The number of esters is 1. The Hall–Kier alpha value is -3.23. The van der Waals surface area contributed by atoms with Crippen LogP contribution in [0.25, 0.3) is 6.08 Å². The second kappa shape index (κ2) is 10.9. The van der Waals surface area contributed by atoms with Crippen molar-refractivity contribution in [3.63, 3.8) is 0 Å². The highest BCUT2D eigenvalue weighted by atomic mass is 16.6. The number of nitrogens with zero attached hydrogens (tertiary/aromatic N) is 1. The number of benzene rings is 1. The van der Waals surface area contributed by atoms with Crippen molar-refractivity contribution in [2.24, 2.45) is 0 Å². The van der Waals surface area contributed by atoms with Gasteiger partial charge in [0.1, 0.15) is 13.2 Å². The van der Waals surface area contributed by atoms with E-state index in [0.717, 1.165) is 6.42 Å². The summed E-state index contributed by atoms with van der Waals surface area (Å²) in [5, 5.41) is 2.67. The zero-order valence-electron chi connectivity index (χ0n) is 16.9. The van der Waals surface area contributed by atoms with Gasteiger partial charge in [0.15, 0.2) is 18.1 Å². The Morgan fingerprint density at radius 3 is 2.72 bits per heavy atom. The molecule has 1 aliphatic rings. The lowest BCUT2D eigenvalue weighted by molar-refractivity contribution is -0.148. The van der Waals surface area contributed by atoms with Gasteiger partial charge in [-0.25, -0.2) is 4.79 Å². The van der Waals surface area contributed by atoms with Gasteiger partial charge in [-0.05, 0) is 30.2 Å². The molecule has 1 aromatic rings. The van der Waals surface area contributed by atoms with E-state index in [1.54, 1.807) is 12.1 Å². The molecule has 158 valence electrons. The molecule has 2 amide bonds. The van der Waals surface area contributed by atoms with Crippen LogP contribution in [0.5, 0.6) is 17.2 Å². The third-order valence-corrected chi connectivity index (χ3v) is 3.98. The first-order chi connectivity index (χ1) is 13.9. The van der Waals surface area contributed by atoms with Crippen LogP contribution < -0.4 is 19.5 Å². The van der Waals surface area contributed by atoms with Crippen LogP contribution in [0.3, 0.4) is 0 Å². The van der Waals surface area contributed by atoms with Crippen molar-refractivity contribution in [1.82, 2.24) is 10.2 Å². The highest BCUT2D eigenvalue weighted by Crippen LogP contribution is 2.40. The molecule has 1 aromatic carbocycles. The molecule has 0 fully saturated rings. The quantitative estimate of drug-likeness (QED) is 0.482. The SMILES string of the molecule is CCCNC(=O)CN(C)C(=O)COC(=O)/C=C/c1cc(OC)c2c(c1)OCCO2. The van der Waals surface area contributed by atoms with Crippen molar-refractivity contribution >= 4 is 23.9 Å². The first-order valence-electron chi connectivity index (χ1n) is 9.27. The van der Waals surface area contributed by atoms with Crippen molar-refractivity contribution in [3.8, 4) is 17.2 Å². The van der Waals surface area contributed by atoms with Crippen LogP contribution in [-0.2, 0) is 19.1 Å². The van der Waals surface area contributed by atoms with Crippen molar-refractivity contribution in [1.29, 1.82) is 0 Å². The second-order valence-electron chi connectivity index (χ2n) is 6.29. The topological polar surface area (TPSA) is 103 Å². The summed E-state index contributed by atoms with van der Waals surface area (Å²) in [7, 11) is 2.99. The molecule has 29 heavy (non-hydrogen) atoms. The zero-order valence-corrected chi connectivity index (χ0v) is 16.9. The second-order valence-corrected chi connectivity index (χ2v) is 6.29. The van der Waals surface area contributed by atoms with Gasteiger partial charge >= 0.3 is 5.97 Å². The predicted molar refractivity (Wildman–Crippen MR) is 105 cm³/mol. The third kappa shape index (κ3) is 6.70. The number of fused-ring (bicyclic) bond motifs is 1. The summed E-state index contributed by atoms with van der Waals surface area (Å²) < 4.78 is 21.3. The van der Waals surface area contributed by atoms with Gasteiger partial charge in [0.05, 0.1) is 13.7 Å². The average Bonchev–Trinajstić information content (AvgIpc) is 2.73.